The molecule has 13 nitrogen and oxygen atoms in total. The molecule has 0 unspecified atom stereocenters. The molecule has 0 aromatic heterocycles. The van der Waals surface area contributed by atoms with Crippen LogP contribution >= 0.6 is 8.17 Å². The van der Waals surface area contributed by atoms with Gasteiger partial charge in [0.15, 0.2) is 17.2 Å². The average Bonchev–Trinajstić information content (AvgIpc) is 2.73. The van der Waals surface area contributed by atoms with Gasteiger partial charge in [-0.15, -0.1) is 0 Å². The molecule has 2 N–H and O–H groups in total. The number of benzene rings is 3. The number of nitro groups is 1. The number of nitro benzene ring substituents is 1. The molecule has 0 saturated heterocycles. The topological polar surface area (TPSA) is 203 Å². The standard InChI is InChI=1S/C18H14NO12PS2/c20-19(21)13-1-3-14(4-2-13)29-32(22,30-15-5-9-17(10-6-15)33(23,24)25)31-16-7-11-18(12-8-16)34(26,27)28/h1-12H,(H,23,24,25)(H,26,27,28). The van der Waals surface area contributed by atoms with Gasteiger partial charge < -0.3 is 4.89 Å². The predicted molar refractivity (Wildman–Crippen MR) is 114 cm³/mol. The van der Waals surface area contributed by atoms with E-state index in [1.165, 1.54) is 0 Å². The normalized spacial score (nSPS) is 12.1. The zero-order chi connectivity index (χ0) is 25.1. The molecule has 34 heavy (non-hydrogen) atoms. The maximum Gasteiger partial charge on any atom is 0.517 e. The van der Waals surface area contributed by atoms with Crippen molar-refractivity contribution in [1.82, 2.24) is 0 Å². The number of phosphoric acid groups is 1. The summed E-state index contributed by atoms with van der Waals surface area (Å²) in [6, 6.07) is 12.5. The fourth-order valence-corrected chi connectivity index (χ4v) is 4.63. The van der Waals surface area contributed by atoms with Gasteiger partial charge >= 0.3 is 8.17 Å². The Hall–Kier alpha value is -3.33. The van der Waals surface area contributed by atoms with Crippen LogP contribution in [0.5, 0.6) is 17.2 Å². The van der Waals surface area contributed by atoms with Crippen LogP contribution in [0.25, 0.3) is 0 Å². The van der Waals surface area contributed by atoms with E-state index in [1.54, 1.807) is 0 Å². The SMILES string of the molecule is O=[N+]([O-])c1ccc(O[P+]([O-])(Oc2ccc(S(=O)(=O)O)cc2)Oc2ccc(S(=O)(=O)O)cc2)cc1. The van der Waals surface area contributed by atoms with Gasteiger partial charge in [0.2, 0.25) is 0 Å². The molecule has 180 valence electrons. The van der Waals surface area contributed by atoms with Crippen molar-refractivity contribution in [2.45, 2.75) is 9.79 Å². The summed E-state index contributed by atoms with van der Waals surface area (Å²) in [6.45, 7) is 0. The Labute approximate surface area is 193 Å². The first-order valence-corrected chi connectivity index (χ1v) is 13.2. The first-order valence-electron chi connectivity index (χ1n) is 8.84. The summed E-state index contributed by atoms with van der Waals surface area (Å²) in [5, 5.41) is 10.8. The first-order chi connectivity index (χ1) is 15.7. The van der Waals surface area contributed by atoms with Crippen LogP contribution in [0.1, 0.15) is 0 Å². The van der Waals surface area contributed by atoms with E-state index in [-0.39, 0.29) is 22.9 Å². The molecule has 3 rings (SSSR count). The van der Waals surface area contributed by atoms with Crippen molar-refractivity contribution in [3.8, 4) is 17.2 Å². The van der Waals surface area contributed by atoms with E-state index in [4.69, 9.17) is 22.7 Å². The number of phosphoric ester groups is 1. The van der Waals surface area contributed by atoms with E-state index >= 15 is 0 Å². The second-order valence-electron chi connectivity index (χ2n) is 6.37. The highest BCUT2D eigenvalue weighted by molar-refractivity contribution is 7.86. The predicted octanol–water partition coefficient (Wildman–Crippen LogP) is 2.66. The Morgan fingerprint density at radius 3 is 1.21 bits per heavy atom. The van der Waals surface area contributed by atoms with E-state index < -0.39 is 43.1 Å². The highest BCUT2D eigenvalue weighted by atomic mass is 32.2. The molecule has 0 aliphatic carbocycles. The summed E-state index contributed by atoms with van der Waals surface area (Å²) in [6.07, 6.45) is 0. The number of nitrogens with zero attached hydrogens (tertiary/aromatic N) is 1. The minimum Gasteiger partial charge on any atom is -0.583 e. The Kier molecular flexibility index (Phi) is 7.07. The van der Waals surface area contributed by atoms with E-state index in [9.17, 15) is 31.8 Å². The minimum atomic E-state index is -4.63. The van der Waals surface area contributed by atoms with Gasteiger partial charge in [0.1, 0.15) is 0 Å². The fraction of sp³-hybridized carbons (Fsp3) is 0. The van der Waals surface area contributed by atoms with Crippen LogP contribution in [0, 0.1) is 10.1 Å². The van der Waals surface area contributed by atoms with Crippen LogP contribution in [0.15, 0.2) is 82.6 Å². The monoisotopic (exact) mass is 531 g/mol. The maximum atomic E-state index is 13.4. The van der Waals surface area contributed by atoms with Crippen LogP contribution in [-0.4, -0.2) is 30.9 Å². The minimum absolute atomic E-state index is 0.155. The number of hydrogen-bond donors (Lipinski definition) is 2. The number of non-ortho nitro benzene ring substituents is 1. The second-order valence-corrected chi connectivity index (χ2v) is 10.7. The van der Waals surface area contributed by atoms with Gasteiger partial charge in [0.05, 0.1) is 14.7 Å². The van der Waals surface area contributed by atoms with E-state index in [0.717, 1.165) is 72.8 Å². The Morgan fingerprint density at radius 1 is 0.647 bits per heavy atom. The molecule has 0 spiro atoms. The molecule has 0 amide bonds. The first kappa shape index (κ1) is 25.3. The number of hydrogen-bond acceptors (Lipinski definition) is 10. The van der Waals surface area contributed by atoms with Crippen molar-refractivity contribution in [2.75, 3.05) is 0 Å². The molecule has 0 heterocycles. The lowest BCUT2D eigenvalue weighted by molar-refractivity contribution is -0.384. The van der Waals surface area contributed by atoms with Crippen molar-refractivity contribution < 1.29 is 49.3 Å². The lowest BCUT2D eigenvalue weighted by Gasteiger charge is -2.25. The molecule has 3 aromatic rings. The van der Waals surface area contributed by atoms with Crippen molar-refractivity contribution in [2.24, 2.45) is 0 Å². The van der Waals surface area contributed by atoms with Gasteiger partial charge in [-0.05, 0) is 60.7 Å². The molecule has 0 aliphatic rings. The summed E-state index contributed by atoms with van der Waals surface area (Å²) in [4.78, 5) is 22.6. The highest BCUT2D eigenvalue weighted by Crippen LogP contribution is 2.53. The maximum absolute atomic E-state index is 13.4. The van der Waals surface area contributed by atoms with Crippen molar-refractivity contribution in [3.05, 3.63) is 82.9 Å². The molecule has 0 aliphatic heterocycles. The molecule has 0 fully saturated rings. The molecule has 3 aromatic carbocycles. The zero-order valence-electron chi connectivity index (χ0n) is 16.6. The molecular weight excluding hydrogens is 517 g/mol. The smallest absolute Gasteiger partial charge is 0.517 e. The fourth-order valence-electron chi connectivity index (χ4n) is 2.42. The molecule has 0 atom stereocenters. The van der Waals surface area contributed by atoms with Crippen molar-refractivity contribution in [1.29, 1.82) is 0 Å². The Morgan fingerprint density at radius 2 is 0.941 bits per heavy atom. The van der Waals surface area contributed by atoms with Gasteiger partial charge in [-0.1, -0.05) is 0 Å². The molecular formula is C18H14NO12PS2. The third-order valence-electron chi connectivity index (χ3n) is 3.94. The van der Waals surface area contributed by atoms with Crippen LogP contribution in [0.4, 0.5) is 5.69 Å². The third-order valence-corrected chi connectivity index (χ3v) is 6.98. The van der Waals surface area contributed by atoms with Gasteiger partial charge in [0.25, 0.3) is 25.9 Å². The Balaban J connectivity index is 1.91. The lowest BCUT2D eigenvalue weighted by Crippen LogP contribution is -2.26. The summed E-state index contributed by atoms with van der Waals surface area (Å²) >= 11 is 0. The second kappa shape index (κ2) is 9.50. The average molecular weight is 531 g/mol. The Bertz CT molecular complexity index is 1310. The summed E-state index contributed by atoms with van der Waals surface area (Å²) < 4.78 is 78.7. The molecule has 0 saturated carbocycles. The lowest BCUT2D eigenvalue weighted by atomic mass is 10.3. The highest BCUT2D eigenvalue weighted by Gasteiger charge is 2.38. The van der Waals surface area contributed by atoms with Gasteiger partial charge in [-0.3, -0.25) is 32.8 Å². The van der Waals surface area contributed by atoms with Crippen molar-refractivity contribution in [3.63, 3.8) is 0 Å². The van der Waals surface area contributed by atoms with Gasteiger partial charge in [0, 0.05) is 12.1 Å². The molecule has 0 bridgehead atoms. The van der Waals surface area contributed by atoms with E-state index in [2.05, 4.69) is 0 Å². The largest absolute Gasteiger partial charge is 0.583 e. The van der Waals surface area contributed by atoms with Crippen LogP contribution in [-0.2, 0) is 20.2 Å². The van der Waals surface area contributed by atoms with Crippen molar-refractivity contribution >= 4 is 34.1 Å². The van der Waals surface area contributed by atoms with Gasteiger partial charge in [-0.25, -0.2) is 0 Å². The summed E-state index contributed by atoms with van der Waals surface area (Å²) in [5.74, 6) is -0.558. The summed E-state index contributed by atoms with van der Waals surface area (Å²) in [5.41, 5.74) is -0.273. The van der Waals surface area contributed by atoms with Crippen LogP contribution in [0.3, 0.4) is 0 Å². The quantitative estimate of drug-likeness (QED) is 0.177. The van der Waals surface area contributed by atoms with E-state index in [0.29, 0.717) is 0 Å². The zero-order valence-corrected chi connectivity index (χ0v) is 19.1. The third kappa shape index (κ3) is 6.60. The van der Waals surface area contributed by atoms with Crippen LogP contribution in [0.2, 0.25) is 0 Å². The molecule has 16 heteroatoms. The molecule has 0 radical (unpaired) electrons. The van der Waals surface area contributed by atoms with Crippen LogP contribution < -0.4 is 18.5 Å². The van der Waals surface area contributed by atoms with Gasteiger partial charge in [-0.2, -0.15) is 16.8 Å². The van der Waals surface area contributed by atoms with E-state index in [1.807, 2.05) is 0 Å². The summed E-state index contributed by atoms with van der Waals surface area (Å²) in [7, 11) is -13.6. The number of rotatable bonds is 9.